The van der Waals surface area contributed by atoms with Crippen molar-refractivity contribution in [2.45, 2.75) is 31.3 Å². The molecule has 0 aliphatic carbocycles. The normalized spacial score (nSPS) is 12.9. The van der Waals surface area contributed by atoms with Gasteiger partial charge >= 0.3 is 11.7 Å². The fourth-order valence-corrected chi connectivity index (χ4v) is 4.10. The number of hydrogen-bond donors (Lipinski definition) is 1. The van der Waals surface area contributed by atoms with Gasteiger partial charge in [0.1, 0.15) is 6.54 Å². The van der Waals surface area contributed by atoms with Crippen LogP contribution in [0.5, 0.6) is 11.5 Å². The fraction of sp³-hybridized carbons (Fsp3) is 0.300. The molecule has 0 atom stereocenters. The van der Waals surface area contributed by atoms with Gasteiger partial charge in [-0.15, -0.1) is 0 Å². The van der Waals surface area contributed by atoms with Crippen molar-refractivity contribution >= 4 is 27.1 Å². The SMILES string of the molecule is CCCOC(=O)Cn1c(=O)oc2cc(S(=O)(=O)NCc3ccc4c(c3)OCO4)ccc21. The van der Waals surface area contributed by atoms with Gasteiger partial charge in [-0.1, -0.05) is 13.0 Å². The average Bonchev–Trinajstić information content (AvgIpc) is 3.34. The molecule has 10 nitrogen and oxygen atoms in total. The first-order valence-corrected chi connectivity index (χ1v) is 11.0. The number of sulfonamides is 1. The standard InChI is InChI=1S/C20H20N2O8S/c1-2-7-27-19(23)11-22-15-5-4-14(9-17(15)30-20(22)24)31(25,26)21-10-13-3-6-16-18(8-13)29-12-28-16/h3-6,8-9,21H,2,7,10-12H2,1H3. The maximum atomic E-state index is 12.7. The van der Waals surface area contributed by atoms with E-state index in [4.69, 9.17) is 18.6 Å². The van der Waals surface area contributed by atoms with Crippen molar-refractivity contribution in [3.05, 3.63) is 52.5 Å². The van der Waals surface area contributed by atoms with Gasteiger partial charge in [-0.05, 0) is 36.2 Å². The van der Waals surface area contributed by atoms with Crippen LogP contribution in [0.4, 0.5) is 0 Å². The highest BCUT2D eigenvalue weighted by Crippen LogP contribution is 2.32. The van der Waals surface area contributed by atoms with Gasteiger partial charge in [0.05, 0.1) is 17.0 Å². The van der Waals surface area contributed by atoms with Crippen LogP contribution in [0.3, 0.4) is 0 Å². The molecule has 164 valence electrons. The van der Waals surface area contributed by atoms with E-state index < -0.39 is 21.7 Å². The molecule has 2 aromatic carbocycles. The number of nitrogens with one attached hydrogen (secondary N) is 1. The van der Waals surface area contributed by atoms with Gasteiger partial charge in [-0.2, -0.15) is 0 Å². The summed E-state index contributed by atoms with van der Waals surface area (Å²) in [6.45, 7) is 1.95. The van der Waals surface area contributed by atoms with Gasteiger partial charge in [-0.3, -0.25) is 9.36 Å². The van der Waals surface area contributed by atoms with Crippen molar-refractivity contribution in [3.63, 3.8) is 0 Å². The van der Waals surface area contributed by atoms with Crippen molar-refractivity contribution in [1.29, 1.82) is 0 Å². The number of oxazole rings is 1. The Hall–Kier alpha value is -3.31. The summed E-state index contributed by atoms with van der Waals surface area (Å²) < 4.78 is 49.6. The molecule has 0 saturated heterocycles. The molecule has 2 heterocycles. The van der Waals surface area contributed by atoms with Gasteiger partial charge < -0.3 is 18.6 Å². The minimum Gasteiger partial charge on any atom is -0.464 e. The molecule has 0 radical (unpaired) electrons. The van der Waals surface area contributed by atoms with Crippen LogP contribution in [0.15, 0.2) is 50.5 Å². The van der Waals surface area contributed by atoms with Crippen molar-refractivity contribution in [2.24, 2.45) is 0 Å². The molecule has 0 unspecified atom stereocenters. The predicted molar refractivity (Wildman–Crippen MR) is 108 cm³/mol. The molecule has 4 rings (SSSR count). The number of esters is 1. The average molecular weight is 448 g/mol. The van der Waals surface area contributed by atoms with Gasteiger partial charge in [0.2, 0.25) is 16.8 Å². The van der Waals surface area contributed by atoms with Crippen LogP contribution in [-0.2, 0) is 32.6 Å². The summed E-state index contributed by atoms with van der Waals surface area (Å²) in [5.41, 5.74) is 1.05. The first-order valence-electron chi connectivity index (χ1n) is 9.54. The van der Waals surface area contributed by atoms with Crippen LogP contribution in [0.25, 0.3) is 11.1 Å². The molecule has 1 N–H and O–H groups in total. The molecule has 1 aliphatic rings. The van der Waals surface area contributed by atoms with E-state index in [1.165, 1.54) is 18.2 Å². The Balaban J connectivity index is 1.52. The van der Waals surface area contributed by atoms with Crippen molar-refractivity contribution < 1.29 is 31.8 Å². The smallest absolute Gasteiger partial charge is 0.420 e. The van der Waals surface area contributed by atoms with Gasteiger partial charge in [-0.25, -0.2) is 17.9 Å². The lowest BCUT2D eigenvalue weighted by atomic mass is 10.2. The Bertz CT molecular complexity index is 1290. The number of fused-ring (bicyclic) bond motifs is 2. The molecule has 1 aromatic heterocycles. The lowest BCUT2D eigenvalue weighted by molar-refractivity contribution is -0.144. The molecule has 3 aromatic rings. The Kier molecular flexibility index (Phi) is 5.70. The predicted octanol–water partition coefficient (Wildman–Crippen LogP) is 1.75. The van der Waals surface area contributed by atoms with Gasteiger partial charge in [0, 0.05) is 12.6 Å². The van der Waals surface area contributed by atoms with Crippen LogP contribution in [-0.4, -0.2) is 32.4 Å². The summed E-state index contributed by atoms with van der Waals surface area (Å²) in [4.78, 5) is 23.9. The summed E-state index contributed by atoms with van der Waals surface area (Å²) in [6.07, 6.45) is 0.660. The van der Waals surface area contributed by atoms with Crippen LogP contribution in [0.2, 0.25) is 0 Å². The molecular formula is C20H20N2O8S. The Morgan fingerprint density at radius 1 is 1.16 bits per heavy atom. The van der Waals surface area contributed by atoms with Crippen LogP contribution in [0, 0.1) is 0 Å². The summed E-state index contributed by atoms with van der Waals surface area (Å²) in [5, 5.41) is 0. The third kappa shape index (κ3) is 4.42. The lowest BCUT2D eigenvalue weighted by Crippen LogP contribution is -2.23. The monoisotopic (exact) mass is 448 g/mol. The highest BCUT2D eigenvalue weighted by atomic mass is 32.2. The second-order valence-corrected chi connectivity index (χ2v) is 8.58. The number of hydrogen-bond acceptors (Lipinski definition) is 8. The third-order valence-corrected chi connectivity index (χ3v) is 6.01. The molecule has 0 amide bonds. The molecule has 0 fully saturated rings. The lowest BCUT2D eigenvalue weighted by Gasteiger charge is -2.08. The van der Waals surface area contributed by atoms with Gasteiger partial charge in [0.15, 0.2) is 17.1 Å². The third-order valence-electron chi connectivity index (χ3n) is 4.61. The fourth-order valence-electron chi connectivity index (χ4n) is 3.07. The van der Waals surface area contributed by atoms with Crippen molar-refractivity contribution in [3.8, 4) is 11.5 Å². The molecule has 31 heavy (non-hydrogen) atoms. The molecule has 0 saturated carbocycles. The number of carbonyl (C=O) groups is 1. The van der Waals surface area contributed by atoms with E-state index in [2.05, 4.69) is 4.72 Å². The second-order valence-electron chi connectivity index (χ2n) is 6.82. The van der Waals surface area contributed by atoms with E-state index in [-0.39, 0.29) is 37.0 Å². The molecule has 1 aliphatic heterocycles. The highest BCUT2D eigenvalue weighted by Gasteiger charge is 2.20. The first kappa shape index (κ1) is 20.9. The highest BCUT2D eigenvalue weighted by molar-refractivity contribution is 7.89. The van der Waals surface area contributed by atoms with E-state index in [1.54, 1.807) is 18.2 Å². The number of benzene rings is 2. The molecule has 0 bridgehead atoms. The van der Waals surface area contributed by atoms with E-state index in [1.807, 2.05) is 6.92 Å². The minimum absolute atomic E-state index is 0.0330. The number of ether oxygens (including phenoxy) is 3. The summed E-state index contributed by atoms with van der Waals surface area (Å²) >= 11 is 0. The maximum Gasteiger partial charge on any atom is 0.420 e. The van der Waals surface area contributed by atoms with Crippen molar-refractivity contribution in [1.82, 2.24) is 9.29 Å². The van der Waals surface area contributed by atoms with Crippen LogP contribution < -0.4 is 20.0 Å². The topological polar surface area (TPSA) is 126 Å². The van der Waals surface area contributed by atoms with E-state index in [0.29, 0.717) is 29.0 Å². The Labute approximate surface area is 177 Å². The Morgan fingerprint density at radius 2 is 1.97 bits per heavy atom. The minimum atomic E-state index is -3.89. The number of rotatable bonds is 8. The van der Waals surface area contributed by atoms with Crippen molar-refractivity contribution in [2.75, 3.05) is 13.4 Å². The van der Waals surface area contributed by atoms with Crippen LogP contribution in [0.1, 0.15) is 18.9 Å². The zero-order valence-corrected chi connectivity index (χ0v) is 17.4. The largest absolute Gasteiger partial charge is 0.464 e. The van der Waals surface area contributed by atoms with Crippen LogP contribution >= 0.6 is 0 Å². The molecule has 0 spiro atoms. The second kappa shape index (κ2) is 8.44. The quantitative estimate of drug-likeness (QED) is 0.517. The number of carbonyl (C=O) groups excluding carboxylic acids is 1. The van der Waals surface area contributed by atoms with E-state index >= 15 is 0 Å². The molecular weight excluding hydrogens is 428 g/mol. The molecule has 11 heteroatoms. The van der Waals surface area contributed by atoms with E-state index in [9.17, 15) is 18.0 Å². The van der Waals surface area contributed by atoms with E-state index in [0.717, 1.165) is 4.57 Å². The number of aromatic nitrogens is 1. The zero-order chi connectivity index (χ0) is 22.0. The number of nitrogens with zero attached hydrogens (tertiary/aromatic N) is 1. The zero-order valence-electron chi connectivity index (χ0n) is 16.6. The Morgan fingerprint density at radius 3 is 2.77 bits per heavy atom. The van der Waals surface area contributed by atoms with Gasteiger partial charge in [0.25, 0.3) is 0 Å². The maximum absolute atomic E-state index is 12.7. The first-order chi connectivity index (χ1) is 14.9. The summed E-state index contributed by atoms with van der Waals surface area (Å²) in [5.74, 6) is -0.186. The summed E-state index contributed by atoms with van der Waals surface area (Å²) in [7, 11) is -3.89. The summed E-state index contributed by atoms with van der Waals surface area (Å²) in [6, 6.07) is 9.14.